The van der Waals surface area contributed by atoms with Crippen LogP contribution in [0.1, 0.15) is 36.8 Å². The van der Waals surface area contributed by atoms with E-state index in [-0.39, 0.29) is 46.3 Å². The first-order chi connectivity index (χ1) is 22.7. The third kappa shape index (κ3) is 8.66. The first-order valence-electron chi connectivity index (χ1n) is 15.5. The molecule has 5 rings (SSSR count). The number of carbonyl (C=O) groups excluding carboxylic acids is 2. The molecule has 4 aromatic rings. The second kappa shape index (κ2) is 15.7. The van der Waals surface area contributed by atoms with E-state index < -0.39 is 28.5 Å². The fraction of sp³-hybridized carbons (Fsp3) is 0.278. The number of methoxy groups -OCH3 is 1. The van der Waals surface area contributed by atoms with Gasteiger partial charge >= 0.3 is 0 Å². The van der Waals surface area contributed by atoms with Gasteiger partial charge in [0.1, 0.15) is 18.3 Å². The fourth-order valence-corrected chi connectivity index (χ4v) is 7.53. The van der Waals surface area contributed by atoms with Gasteiger partial charge in [-0.15, -0.1) is 0 Å². The molecule has 1 saturated carbocycles. The highest BCUT2D eigenvalue weighted by Crippen LogP contribution is 2.35. The van der Waals surface area contributed by atoms with Gasteiger partial charge in [-0.3, -0.25) is 13.9 Å². The molecule has 1 N–H and O–H groups in total. The molecule has 0 spiro atoms. The molecule has 0 aromatic heterocycles. The number of carbonyl (C=O) groups is 2. The monoisotopic (exact) mass is 693 g/mol. The van der Waals surface area contributed by atoms with Crippen LogP contribution >= 0.6 is 23.2 Å². The van der Waals surface area contributed by atoms with Crippen molar-refractivity contribution in [2.75, 3.05) is 18.0 Å². The summed E-state index contributed by atoms with van der Waals surface area (Å²) in [5.41, 5.74) is 1.68. The summed E-state index contributed by atoms with van der Waals surface area (Å²) in [6, 6.07) is 28.0. The van der Waals surface area contributed by atoms with Crippen LogP contribution in [-0.4, -0.2) is 50.9 Å². The van der Waals surface area contributed by atoms with Crippen LogP contribution in [-0.2, 0) is 32.6 Å². The van der Waals surface area contributed by atoms with E-state index in [0.717, 1.165) is 41.1 Å². The van der Waals surface area contributed by atoms with Gasteiger partial charge in [-0.05, 0) is 66.4 Å². The zero-order chi connectivity index (χ0) is 33.4. The number of anilines is 1. The number of rotatable bonds is 13. The van der Waals surface area contributed by atoms with E-state index in [1.807, 2.05) is 30.3 Å². The summed E-state index contributed by atoms with van der Waals surface area (Å²) >= 11 is 12.5. The molecule has 0 bridgehead atoms. The van der Waals surface area contributed by atoms with Crippen LogP contribution in [0.25, 0.3) is 0 Å². The van der Waals surface area contributed by atoms with Crippen LogP contribution in [0, 0.1) is 0 Å². The van der Waals surface area contributed by atoms with Crippen LogP contribution in [0.15, 0.2) is 108 Å². The third-order valence-electron chi connectivity index (χ3n) is 8.26. The third-order valence-corrected chi connectivity index (χ3v) is 10.5. The van der Waals surface area contributed by atoms with Crippen molar-refractivity contribution in [2.45, 2.75) is 55.6 Å². The lowest BCUT2D eigenvalue weighted by Crippen LogP contribution is -2.54. The Kier molecular flexibility index (Phi) is 11.4. The molecule has 8 nitrogen and oxygen atoms in total. The van der Waals surface area contributed by atoms with E-state index in [9.17, 15) is 18.0 Å². The molecule has 0 heterocycles. The number of hydrogen-bond donors (Lipinski definition) is 1. The predicted octanol–water partition coefficient (Wildman–Crippen LogP) is 6.90. The van der Waals surface area contributed by atoms with Gasteiger partial charge in [0, 0.05) is 29.1 Å². The molecule has 0 aliphatic heterocycles. The second-order valence-electron chi connectivity index (χ2n) is 11.5. The summed E-state index contributed by atoms with van der Waals surface area (Å²) in [4.78, 5) is 30.2. The number of hydrogen-bond acceptors (Lipinski definition) is 5. The Morgan fingerprint density at radius 2 is 1.47 bits per heavy atom. The average Bonchev–Trinajstić information content (AvgIpc) is 3.59. The molecule has 1 aliphatic carbocycles. The normalized spacial score (nSPS) is 13.9. The van der Waals surface area contributed by atoms with Crippen LogP contribution in [0.5, 0.6) is 5.75 Å². The largest absolute Gasteiger partial charge is 0.495 e. The Morgan fingerprint density at radius 1 is 0.851 bits per heavy atom. The van der Waals surface area contributed by atoms with E-state index in [0.29, 0.717) is 5.02 Å². The van der Waals surface area contributed by atoms with Crippen LogP contribution in [0.3, 0.4) is 0 Å². The van der Waals surface area contributed by atoms with E-state index >= 15 is 0 Å². The number of ether oxygens (including phenoxy) is 1. The Bertz CT molecular complexity index is 1770. The van der Waals surface area contributed by atoms with Crippen LogP contribution < -0.4 is 14.4 Å². The van der Waals surface area contributed by atoms with Gasteiger partial charge in [-0.1, -0.05) is 96.7 Å². The van der Waals surface area contributed by atoms with Gasteiger partial charge in [0.2, 0.25) is 11.8 Å². The minimum absolute atomic E-state index is 0.0129. The summed E-state index contributed by atoms with van der Waals surface area (Å²) in [5.74, 6) is -0.657. The molecule has 47 heavy (non-hydrogen) atoms. The molecule has 4 aromatic carbocycles. The van der Waals surface area contributed by atoms with Crippen molar-refractivity contribution >= 4 is 50.7 Å². The lowest BCUT2D eigenvalue weighted by molar-refractivity contribution is -0.140. The van der Waals surface area contributed by atoms with Crippen molar-refractivity contribution in [3.05, 3.63) is 124 Å². The highest BCUT2D eigenvalue weighted by molar-refractivity contribution is 7.92. The van der Waals surface area contributed by atoms with E-state index in [1.54, 1.807) is 54.6 Å². The van der Waals surface area contributed by atoms with E-state index in [2.05, 4.69) is 5.32 Å². The van der Waals surface area contributed by atoms with E-state index in [4.69, 9.17) is 27.9 Å². The van der Waals surface area contributed by atoms with Crippen molar-refractivity contribution in [3.63, 3.8) is 0 Å². The molecule has 1 aliphatic rings. The summed E-state index contributed by atoms with van der Waals surface area (Å²) in [6.45, 7) is -0.582. The highest BCUT2D eigenvalue weighted by atomic mass is 35.5. The molecule has 0 radical (unpaired) electrons. The number of halogens is 2. The maximum Gasteiger partial charge on any atom is 0.264 e. The Morgan fingerprint density at radius 3 is 2.11 bits per heavy atom. The van der Waals surface area contributed by atoms with Crippen molar-refractivity contribution in [2.24, 2.45) is 0 Å². The van der Waals surface area contributed by atoms with Crippen LogP contribution in [0.2, 0.25) is 10.0 Å². The number of nitrogens with zero attached hydrogens (tertiary/aromatic N) is 2. The quantitative estimate of drug-likeness (QED) is 0.164. The lowest BCUT2D eigenvalue weighted by atomic mass is 10.0. The van der Waals surface area contributed by atoms with Gasteiger partial charge in [0.15, 0.2) is 0 Å². The molecule has 2 amide bonds. The predicted molar refractivity (Wildman–Crippen MR) is 185 cm³/mol. The summed E-state index contributed by atoms with van der Waals surface area (Å²) in [6.07, 6.45) is 4.01. The maximum absolute atomic E-state index is 14.7. The molecule has 1 fully saturated rings. The Labute approximate surface area is 286 Å². The first kappa shape index (κ1) is 34.3. The summed E-state index contributed by atoms with van der Waals surface area (Å²) in [5, 5.41) is 3.96. The van der Waals surface area contributed by atoms with Gasteiger partial charge in [0.25, 0.3) is 10.0 Å². The minimum atomic E-state index is -4.30. The van der Waals surface area contributed by atoms with E-state index in [1.165, 1.54) is 30.2 Å². The minimum Gasteiger partial charge on any atom is -0.495 e. The number of amides is 2. The first-order valence-corrected chi connectivity index (χ1v) is 17.6. The maximum atomic E-state index is 14.7. The summed E-state index contributed by atoms with van der Waals surface area (Å²) in [7, 11) is -2.89. The van der Waals surface area contributed by atoms with Gasteiger partial charge in [0.05, 0.1) is 17.7 Å². The number of benzene rings is 4. The lowest BCUT2D eigenvalue weighted by Gasteiger charge is -2.34. The fourth-order valence-electron chi connectivity index (χ4n) is 5.80. The van der Waals surface area contributed by atoms with Crippen molar-refractivity contribution < 1.29 is 22.7 Å². The molecular formula is C36H37Cl2N3O5S. The zero-order valence-corrected chi connectivity index (χ0v) is 28.3. The highest BCUT2D eigenvalue weighted by Gasteiger charge is 2.36. The standard InChI is InChI=1S/C36H37Cl2N3O5S/c1-46-34-21-20-29(38)23-32(34)41(47(44,45)31-14-6-3-7-15-31)25-35(42)40(24-27-16-18-28(37)19-17-27)33(22-26-10-4-2-5-11-26)36(43)39-30-12-8-9-13-30/h2-7,10-11,14-21,23,30,33H,8-9,12-13,22,24-25H2,1H3,(H,39,43)/t33-/m1/s1. The number of nitrogens with one attached hydrogen (secondary N) is 1. The van der Waals surface area contributed by atoms with Crippen molar-refractivity contribution in [1.29, 1.82) is 0 Å². The van der Waals surface area contributed by atoms with Crippen molar-refractivity contribution in [1.82, 2.24) is 10.2 Å². The van der Waals surface area contributed by atoms with Gasteiger partial charge < -0.3 is 15.0 Å². The SMILES string of the molecule is COc1ccc(Cl)cc1N(CC(=O)N(Cc1ccc(Cl)cc1)[C@H](Cc1ccccc1)C(=O)NC1CCCC1)S(=O)(=O)c1ccccc1. The molecular weight excluding hydrogens is 657 g/mol. The average molecular weight is 695 g/mol. The Hall–Kier alpha value is -4.05. The molecule has 0 saturated heterocycles. The zero-order valence-electron chi connectivity index (χ0n) is 26.0. The smallest absolute Gasteiger partial charge is 0.264 e. The van der Waals surface area contributed by atoms with Crippen LogP contribution in [0.4, 0.5) is 5.69 Å². The van der Waals surface area contributed by atoms with Crippen molar-refractivity contribution in [3.8, 4) is 5.75 Å². The Balaban J connectivity index is 1.59. The van der Waals surface area contributed by atoms with Gasteiger partial charge in [-0.2, -0.15) is 0 Å². The molecule has 11 heteroatoms. The number of sulfonamides is 1. The summed E-state index contributed by atoms with van der Waals surface area (Å²) < 4.78 is 35.0. The molecule has 1 atom stereocenters. The topological polar surface area (TPSA) is 96.0 Å². The second-order valence-corrected chi connectivity index (χ2v) is 14.2. The van der Waals surface area contributed by atoms with Gasteiger partial charge in [-0.25, -0.2) is 8.42 Å². The molecule has 246 valence electrons. The molecule has 0 unspecified atom stereocenters.